The van der Waals surface area contributed by atoms with E-state index in [9.17, 15) is 14.4 Å². The second-order valence-corrected chi connectivity index (χ2v) is 8.90. The number of imide groups is 1. The molecule has 2 bridgehead atoms. The summed E-state index contributed by atoms with van der Waals surface area (Å²) in [5.74, 6) is 1.17. The molecule has 6 heteroatoms. The van der Waals surface area contributed by atoms with Gasteiger partial charge in [0.15, 0.2) is 0 Å². The van der Waals surface area contributed by atoms with Crippen molar-refractivity contribution >= 4 is 29.1 Å². The number of ether oxygens (including phenoxy) is 1. The molecule has 5 aliphatic rings. The molecule has 0 unspecified atom stereocenters. The first-order valence-corrected chi connectivity index (χ1v) is 10.7. The zero-order valence-electron chi connectivity index (χ0n) is 17.0. The lowest BCUT2D eigenvalue weighted by atomic mass is 9.63. The summed E-state index contributed by atoms with van der Waals surface area (Å²) in [6.45, 7) is 0. The number of carbonyl (C=O) groups excluding carboxylic acids is 3. The van der Waals surface area contributed by atoms with Gasteiger partial charge >= 0.3 is 0 Å². The molecule has 2 aromatic rings. The zero-order valence-corrected chi connectivity index (χ0v) is 17.0. The zero-order chi connectivity index (χ0) is 21.3. The summed E-state index contributed by atoms with van der Waals surface area (Å²) in [5, 5.41) is 2.84. The summed E-state index contributed by atoms with van der Waals surface area (Å²) in [5.41, 5.74) is 1.50. The molecule has 1 saturated heterocycles. The molecule has 7 rings (SSSR count). The highest BCUT2D eigenvalue weighted by molar-refractivity contribution is 6.23. The number of carbonyl (C=O) groups is 3. The van der Waals surface area contributed by atoms with Crippen LogP contribution in [0.3, 0.4) is 0 Å². The predicted octanol–water partition coefficient (Wildman–Crippen LogP) is 3.51. The van der Waals surface area contributed by atoms with E-state index < -0.39 is 0 Å². The number of nitrogens with one attached hydrogen (secondary N) is 1. The van der Waals surface area contributed by atoms with Gasteiger partial charge in [0.2, 0.25) is 11.8 Å². The lowest BCUT2D eigenvalue weighted by molar-refractivity contribution is -0.124. The van der Waals surface area contributed by atoms with Gasteiger partial charge in [-0.25, -0.2) is 4.90 Å². The summed E-state index contributed by atoms with van der Waals surface area (Å²) in [4.78, 5) is 40.7. The summed E-state index contributed by atoms with van der Waals surface area (Å²) >= 11 is 0. The molecular formula is C25H22N2O4. The molecule has 6 nitrogen and oxygen atoms in total. The highest BCUT2D eigenvalue weighted by atomic mass is 16.5. The van der Waals surface area contributed by atoms with Gasteiger partial charge in [-0.15, -0.1) is 0 Å². The third kappa shape index (κ3) is 2.67. The van der Waals surface area contributed by atoms with Crippen molar-refractivity contribution in [2.75, 3.05) is 17.3 Å². The second-order valence-electron chi connectivity index (χ2n) is 8.90. The Labute approximate surface area is 179 Å². The van der Waals surface area contributed by atoms with Crippen molar-refractivity contribution in [3.8, 4) is 5.75 Å². The second kappa shape index (κ2) is 6.54. The van der Waals surface area contributed by atoms with Crippen LogP contribution in [0.25, 0.3) is 0 Å². The molecule has 2 aromatic carbocycles. The first-order chi connectivity index (χ1) is 15.1. The fourth-order valence-corrected chi connectivity index (χ4v) is 5.88. The van der Waals surface area contributed by atoms with Crippen LogP contribution < -0.4 is 15.0 Å². The average Bonchev–Trinajstić information content (AvgIpc) is 3.57. The van der Waals surface area contributed by atoms with E-state index in [4.69, 9.17) is 4.74 Å². The van der Waals surface area contributed by atoms with E-state index in [-0.39, 0.29) is 41.4 Å². The van der Waals surface area contributed by atoms with Crippen molar-refractivity contribution in [2.45, 2.75) is 6.42 Å². The monoisotopic (exact) mass is 414 g/mol. The maximum Gasteiger partial charge on any atom is 0.255 e. The Morgan fingerprint density at radius 2 is 1.61 bits per heavy atom. The third-order valence-corrected chi connectivity index (χ3v) is 7.38. The molecule has 3 fully saturated rings. The Balaban J connectivity index is 1.26. The van der Waals surface area contributed by atoms with E-state index in [1.54, 1.807) is 55.6 Å². The number of methoxy groups -OCH3 is 1. The van der Waals surface area contributed by atoms with Crippen LogP contribution in [0.4, 0.5) is 11.4 Å². The third-order valence-electron chi connectivity index (χ3n) is 7.38. The van der Waals surface area contributed by atoms with E-state index in [2.05, 4.69) is 17.5 Å². The van der Waals surface area contributed by atoms with Crippen LogP contribution in [0.15, 0.2) is 60.7 Å². The molecule has 156 valence electrons. The molecule has 4 aliphatic carbocycles. The van der Waals surface area contributed by atoms with Gasteiger partial charge in [-0.3, -0.25) is 14.4 Å². The van der Waals surface area contributed by atoms with Crippen LogP contribution in [0.5, 0.6) is 5.75 Å². The SMILES string of the molecule is COc1ccc(NC(=O)c2cccc(N3C(=O)[C@@H]4[C@@H]5C=C[C@H]([C@H]6C[C@H]56)[C@H]4C3=O)c2)cc1. The van der Waals surface area contributed by atoms with Crippen LogP contribution in [0.2, 0.25) is 0 Å². The number of rotatable bonds is 4. The van der Waals surface area contributed by atoms with Gasteiger partial charge in [0, 0.05) is 11.3 Å². The van der Waals surface area contributed by atoms with E-state index in [0.717, 1.165) is 6.42 Å². The minimum absolute atomic E-state index is 0.118. The van der Waals surface area contributed by atoms with Gasteiger partial charge < -0.3 is 10.1 Å². The van der Waals surface area contributed by atoms with E-state index >= 15 is 0 Å². The number of anilines is 2. The number of allylic oxidation sites excluding steroid dienone is 2. The molecule has 6 atom stereocenters. The van der Waals surface area contributed by atoms with Crippen molar-refractivity contribution in [1.29, 1.82) is 0 Å². The summed E-state index contributed by atoms with van der Waals surface area (Å²) < 4.78 is 5.13. The van der Waals surface area contributed by atoms with Crippen molar-refractivity contribution in [3.05, 3.63) is 66.2 Å². The maximum absolute atomic E-state index is 13.3. The number of amides is 3. The number of nitrogens with zero attached hydrogens (tertiary/aromatic N) is 1. The summed E-state index contributed by atoms with van der Waals surface area (Å²) in [6.07, 6.45) is 5.46. The van der Waals surface area contributed by atoms with Gasteiger partial charge in [0.25, 0.3) is 5.91 Å². The Hall–Kier alpha value is -3.41. The fraction of sp³-hybridized carbons (Fsp3) is 0.320. The highest BCUT2D eigenvalue weighted by Crippen LogP contribution is 2.65. The lowest BCUT2D eigenvalue weighted by Gasteiger charge is -2.37. The van der Waals surface area contributed by atoms with Crippen molar-refractivity contribution in [2.24, 2.45) is 35.5 Å². The van der Waals surface area contributed by atoms with Crippen LogP contribution in [-0.4, -0.2) is 24.8 Å². The van der Waals surface area contributed by atoms with Crippen molar-refractivity contribution in [1.82, 2.24) is 0 Å². The molecule has 0 aromatic heterocycles. The number of hydrogen-bond donors (Lipinski definition) is 1. The predicted molar refractivity (Wildman–Crippen MR) is 115 cm³/mol. The van der Waals surface area contributed by atoms with Crippen LogP contribution >= 0.6 is 0 Å². The highest BCUT2D eigenvalue weighted by Gasteiger charge is 2.67. The van der Waals surface area contributed by atoms with Crippen molar-refractivity contribution < 1.29 is 19.1 Å². The largest absolute Gasteiger partial charge is 0.497 e. The average molecular weight is 414 g/mol. The molecule has 1 N–H and O–H groups in total. The molecule has 0 spiro atoms. The summed E-state index contributed by atoms with van der Waals surface area (Å²) in [6, 6.07) is 13.8. The molecule has 2 saturated carbocycles. The Kier molecular flexibility index (Phi) is 3.88. The van der Waals surface area contributed by atoms with Gasteiger partial charge in [0.05, 0.1) is 24.6 Å². The molecule has 1 aliphatic heterocycles. The molecule has 1 heterocycles. The fourth-order valence-electron chi connectivity index (χ4n) is 5.88. The first kappa shape index (κ1) is 18.4. The Morgan fingerprint density at radius 3 is 2.23 bits per heavy atom. The smallest absolute Gasteiger partial charge is 0.255 e. The maximum atomic E-state index is 13.3. The Morgan fingerprint density at radius 1 is 0.968 bits per heavy atom. The quantitative estimate of drug-likeness (QED) is 0.614. The first-order valence-electron chi connectivity index (χ1n) is 10.7. The van der Waals surface area contributed by atoms with Gasteiger partial charge in [-0.05, 0) is 72.6 Å². The summed E-state index contributed by atoms with van der Waals surface area (Å²) in [7, 11) is 1.58. The normalized spacial score (nSPS) is 32.0. The molecule has 31 heavy (non-hydrogen) atoms. The van der Waals surface area contributed by atoms with Gasteiger partial charge in [-0.2, -0.15) is 0 Å². The van der Waals surface area contributed by atoms with Crippen molar-refractivity contribution in [3.63, 3.8) is 0 Å². The number of benzene rings is 2. The molecular weight excluding hydrogens is 392 g/mol. The molecule has 3 amide bonds. The molecule has 0 radical (unpaired) electrons. The van der Waals surface area contributed by atoms with E-state index in [1.807, 2.05) is 0 Å². The van der Waals surface area contributed by atoms with Gasteiger partial charge in [0.1, 0.15) is 5.75 Å². The number of hydrogen-bond acceptors (Lipinski definition) is 4. The lowest BCUT2D eigenvalue weighted by Crippen LogP contribution is -2.40. The standard InChI is InChI=1S/C25H22N2O4/c1-31-16-7-5-14(6-8-16)26-23(28)13-3-2-4-15(11-13)27-24(29)21-17-9-10-18(20-12-19(17)20)22(21)25(27)30/h2-11,17-22H,12H2,1H3,(H,26,28)/t17-,18-,19-,20-,21-,22-/m1/s1. The van der Waals surface area contributed by atoms with E-state index in [1.165, 1.54) is 4.90 Å². The van der Waals surface area contributed by atoms with Gasteiger partial charge in [-0.1, -0.05) is 18.2 Å². The van der Waals surface area contributed by atoms with Crippen LogP contribution in [-0.2, 0) is 9.59 Å². The van der Waals surface area contributed by atoms with E-state index in [0.29, 0.717) is 34.5 Å². The Bertz CT molecular complexity index is 1100. The topological polar surface area (TPSA) is 75.7 Å². The minimum Gasteiger partial charge on any atom is -0.497 e. The van der Waals surface area contributed by atoms with Crippen LogP contribution in [0.1, 0.15) is 16.8 Å². The minimum atomic E-state index is -0.300. The van der Waals surface area contributed by atoms with Crippen LogP contribution in [0, 0.1) is 35.5 Å².